The summed E-state index contributed by atoms with van der Waals surface area (Å²) in [5, 5.41) is 2.77. The van der Waals surface area contributed by atoms with Gasteiger partial charge in [0.25, 0.3) is 0 Å². The van der Waals surface area contributed by atoms with Crippen molar-refractivity contribution in [2.45, 2.75) is 39.4 Å². The lowest BCUT2D eigenvalue weighted by Crippen LogP contribution is -2.44. The van der Waals surface area contributed by atoms with Crippen LogP contribution in [0.4, 0.5) is 13.2 Å². The zero-order valence-corrected chi connectivity index (χ0v) is 14.4. The number of hydrogen-bond donors (Lipinski definition) is 1. The third-order valence-electron chi connectivity index (χ3n) is 4.42. The van der Waals surface area contributed by atoms with Gasteiger partial charge in [-0.2, -0.15) is 13.2 Å². The van der Waals surface area contributed by atoms with Crippen LogP contribution in [0.3, 0.4) is 0 Å². The summed E-state index contributed by atoms with van der Waals surface area (Å²) in [6.07, 6.45) is -3.14. The van der Waals surface area contributed by atoms with Gasteiger partial charge in [0.05, 0.1) is 5.56 Å². The molecule has 7 heteroatoms. The fraction of sp³-hybridized carbons (Fsp3) is 0.556. The third kappa shape index (κ3) is 5.21. The van der Waals surface area contributed by atoms with Gasteiger partial charge in [-0.25, -0.2) is 0 Å². The van der Waals surface area contributed by atoms with Gasteiger partial charge in [0.2, 0.25) is 11.8 Å². The maximum Gasteiger partial charge on any atom is 0.416 e. The Morgan fingerprint density at radius 2 is 1.72 bits per heavy atom. The maximum atomic E-state index is 12.5. The van der Waals surface area contributed by atoms with Crippen molar-refractivity contribution in [3.05, 3.63) is 35.4 Å². The van der Waals surface area contributed by atoms with Crippen LogP contribution in [0.25, 0.3) is 0 Å². The molecular weight excluding hydrogens is 333 g/mol. The molecular formula is C18H23F3N2O2. The lowest BCUT2D eigenvalue weighted by Gasteiger charge is -2.32. The second-order valence-corrected chi connectivity index (χ2v) is 6.67. The van der Waals surface area contributed by atoms with Crippen molar-refractivity contribution in [2.24, 2.45) is 11.8 Å². The first-order valence-electron chi connectivity index (χ1n) is 8.41. The molecule has 1 heterocycles. The summed E-state index contributed by atoms with van der Waals surface area (Å²) < 4.78 is 37.6. The van der Waals surface area contributed by atoms with Gasteiger partial charge in [0.1, 0.15) is 0 Å². The maximum absolute atomic E-state index is 12.5. The van der Waals surface area contributed by atoms with E-state index in [2.05, 4.69) is 5.32 Å². The SMILES string of the molecule is CC(C)C(=O)N1CCC(C(=O)NCc2ccc(C(F)(F)F)cc2)CC1. The second kappa shape index (κ2) is 7.89. The summed E-state index contributed by atoms with van der Waals surface area (Å²) in [4.78, 5) is 25.9. The topological polar surface area (TPSA) is 49.4 Å². The second-order valence-electron chi connectivity index (χ2n) is 6.67. The number of alkyl halides is 3. The van der Waals surface area contributed by atoms with Crippen LogP contribution in [-0.4, -0.2) is 29.8 Å². The molecule has 0 aromatic heterocycles. The molecule has 138 valence electrons. The van der Waals surface area contributed by atoms with Gasteiger partial charge < -0.3 is 10.2 Å². The Hall–Kier alpha value is -2.05. The quantitative estimate of drug-likeness (QED) is 0.901. The molecule has 0 unspecified atom stereocenters. The number of benzene rings is 1. The molecule has 1 aliphatic rings. The molecule has 4 nitrogen and oxygen atoms in total. The Labute approximate surface area is 145 Å². The van der Waals surface area contributed by atoms with Crippen molar-refractivity contribution in [2.75, 3.05) is 13.1 Å². The molecule has 2 rings (SSSR count). The normalized spacial score (nSPS) is 16.2. The zero-order valence-electron chi connectivity index (χ0n) is 14.4. The highest BCUT2D eigenvalue weighted by Gasteiger charge is 2.30. The minimum atomic E-state index is -4.36. The third-order valence-corrected chi connectivity index (χ3v) is 4.42. The average Bonchev–Trinajstić information content (AvgIpc) is 2.58. The predicted octanol–water partition coefficient (Wildman–Crippen LogP) is 3.22. The van der Waals surface area contributed by atoms with Crippen LogP contribution < -0.4 is 5.32 Å². The van der Waals surface area contributed by atoms with Gasteiger partial charge in [-0.15, -0.1) is 0 Å². The van der Waals surface area contributed by atoms with Crippen LogP contribution in [0, 0.1) is 11.8 Å². The Morgan fingerprint density at radius 1 is 1.16 bits per heavy atom. The molecule has 0 aliphatic carbocycles. The fourth-order valence-corrected chi connectivity index (χ4v) is 2.87. The highest BCUT2D eigenvalue weighted by atomic mass is 19.4. The van der Waals surface area contributed by atoms with Crippen molar-refractivity contribution < 1.29 is 22.8 Å². The number of hydrogen-bond acceptors (Lipinski definition) is 2. The lowest BCUT2D eigenvalue weighted by atomic mass is 9.95. The van der Waals surface area contributed by atoms with E-state index in [0.29, 0.717) is 31.5 Å². The van der Waals surface area contributed by atoms with Crippen molar-refractivity contribution >= 4 is 11.8 Å². The first-order chi connectivity index (χ1) is 11.7. The standard InChI is InChI=1S/C18H23F3N2O2/c1-12(2)17(25)23-9-7-14(8-10-23)16(24)22-11-13-3-5-15(6-4-13)18(19,20)21/h3-6,12,14H,7-11H2,1-2H3,(H,22,24). The van der Waals surface area contributed by atoms with E-state index in [1.54, 1.807) is 4.90 Å². The van der Waals surface area contributed by atoms with Crippen LogP contribution in [0.15, 0.2) is 24.3 Å². The Kier molecular flexibility index (Phi) is 6.08. The van der Waals surface area contributed by atoms with E-state index in [1.807, 2.05) is 13.8 Å². The molecule has 1 aromatic rings. The van der Waals surface area contributed by atoms with Gasteiger partial charge in [-0.1, -0.05) is 26.0 Å². The van der Waals surface area contributed by atoms with Crippen molar-refractivity contribution in [3.63, 3.8) is 0 Å². The van der Waals surface area contributed by atoms with E-state index >= 15 is 0 Å². The summed E-state index contributed by atoms with van der Waals surface area (Å²) in [7, 11) is 0. The molecule has 0 bridgehead atoms. The number of nitrogens with zero attached hydrogens (tertiary/aromatic N) is 1. The average molecular weight is 356 g/mol. The Bertz CT molecular complexity index is 604. The number of rotatable bonds is 4. The van der Waals surface area contributed by atoms with E-state index in [1.165, 1.54) is 12.1 Å². The smallest absolute Gasteiger partial charge is 0.352 e. The summed E-state index contributed by atoms with van der Waals surface area (Å²) in [6.45, 7) is 5.03. The first kappa shape index (κ1) is 19.3. The van der Waals surface area contributed by atoms with Gasteiger partial charge in [0, 0.05) is 31.5 Å². The van der Waals surface area contributed by atoms with Gasteiger partial charge >= 0.3 is 6.18 Å². The molecule has 0 saturated carbocycles. The van der Waals surface area contributed by atoms with Crippen LogP contribution in [0.2, 0.25) is 0 Å². The van der Waals surface area contributed by atoms with Crippen LogP contribution >= 0.6 is 0 Å². The van der Waals surface area contributed by atoms with E-state index < -0.39 is 11.7 Å². The lowest BCUT2D eigenvalue weighted by molar-refractivity contribution is -0.138. The molecule has 1 saturated heterocycles. The van der Waals surface area contributed by atoms with E-state index in [9.17, 15) is 22.8 Å². The highest BCUT2D eigenvalue weighted by Crippen LogP contribution is 2.29. The highest BCUT2D eigenvalue weighted by molar-refractivity contribution is 5.80. The van der Waals surface area contributed by atoms with E-state index in [0.717, 1.165) is 12.1 Å². The minimum absolute atomic E-state index is 0.0509. The van der Waals surface area contributed by atoms with Crippen LogP contribution in [0.5, 0.6) is 0 Å². The van der Waals surface area contributed by atoms with Gasteiger partial charge in [-0.05, 0) is 30.5 Å². The molecule has 0 atom stereocenters. The Balaban J connectivity index is 1.80. The molecule has 2 amide bonds. The molecule has 1 aliphatic heterocycles. The van der Waals surface area contributed by atoms with Gasteiger partial charge in [-0.3, -0.25) is 9.59 Å². The minimum Gasteiger partial charge on any atom is -0.352 e. The number of amides is 2. The van der Waals surface area contributed by atoms with Crippen molar-refractivity contribution in [3.8, 4) is 0 Å². The summed E-state index contributed by atoms with van der Waals surface area (Å²) >= 11 is 0. The van der Waals surface area contributed by atoms with Crippen molar-refractivity contribution in [1.29, 1.82) is 0 Å². The first-order valence-corrected chi connectivity index (χ1v) is 8.41. The van der Waals surface area contributed by atoms with Crippen LogP contribution in [0.1, 0.15) is 37.8 Å². The zero-order chi connectivity index (χ0) is 18.6. The molecule has 25 heavy (non-hydrogen) atoms. The summed E-state index contributed by atoms with van der Waals surface area (Å²) in [6, 6.07) is 4.76. The molecule has 0 radical (unpaired) electrons. The van der Waals surface area contributed by atoms with Gasteiger partial charge in [0.15, 0.2) is 0 Å². The molecule has 0 spiro atoms. The Morgan fingerprint density at radius 3 is 2.20 bits per heavy atom. The number of halogens is 3. The summed E-state index contributed by atoms with van der Waals surface area (Å²) in [5.41, 5.74) is -0.0847. The number of likely N-dealkylation sites (tertiary alicyclic amines) is 1. The number of carbonyl (C=O) groups excluding carboxylic acids is 2. The van der Waals surface area contributed by atoms with E-state index in [4.69, 9.17) is 0 Å². The number of nitrogens with one attached hydrogen (secondary N) is 1. The van der Waals surface area contributed by atoms with E-state index in [-0.39, 0.29) is 30.2 Å². The molecule has 1 N–H and O–H groups in total. The van der Waals surface area contributed by atoms with Crippen LogP contribution in [-0.2, 0) is 22.3 Å². The largest absolute Gasteiger partial charge is 0.416 e. The number of carbonyl (C=O) groups is 2. The molecule has 1 aromatic carbocycles. The summed E-state index contributed by atoms with van der Waals surface area (Å²) in [5.74, 6) is -0.226. The predicted molar refractivity (Wildman–Crippen MR) is 87.4 cm³/mol. The number of piperidine rings is 1. The molecule has 1 fully saturated rings. The fourth-order valence-electron chi connectivity index (χ4n) is 2.87. The monoisotopic (exact) mass is 356 g/mol. The van der Waals surface area contributed by atoms with Crippen molar-refractivity contribution in [1.82, 2.24) is 10.2 Å².